The quantitative estimate of drug-likeness (QED) is 0.566. The first kappa shape index (κ1) is 8.05. The molecule has 2 aliphatic heterocycles. The average Bonchev–Trinajstić information content (AvgIpc) is 2.11. The zero-order chi connectivity index (χ0) is 8.55. The number of nitrogens with one attached hydrogen (secondary N) is 1. The van der Waals surface area contributed by atoms with Gasteiger partial charge in [0.1, 0.15) is 0 Å². The van der Waals surface area contributed by atoms with E-state index in [4.69, 9.17) is 0 Å². The number of piperidine rings is 1. The molecule has 0 aromatic heterocycles. The number of amides is 1. The molecule has 3 nitrogen and oxygen atoms in total. The van der Waals surface area contributed by atoms with Crippen LogP contribution in [0.1, 0.15) is 25.7 Å². The SMILES string of the molecule is CN1CC2CCCC(CC1=O)N2. The van der Waals surface area contributed by atoms with Crippen molar-refractivity contribution in [3.05, 3.63) is 0 Å². The molecule has 12 heavy (non-hydrogen) atoms. The molecule has 1 N–H and O–H groups in total. The van der Waals surface area contributed by atoms with Crippen LogP contribution in [-0.2, 0) is 4.79 Å². The molecule has 0 spiro atoms. The molecule has 2 heterocycles. The minimum atomic E-state index is 0.303. The van der Waals surface area contributed by atoms with Crippen LogP contribution >= 0.6 is 0 Å². The predicted octanol–water partition coefficient (Wildman–Crippen LogP) is 0.359. The van der Waals surface area contributed by atoms with E-state index in [1.807, 2.05) is 11.9 Å². The van der Waals surface area contributed by atoms with Gasteiger partial charge in [0.25, 0.3) is 0 Å². The third-order valence-corrected chi connectivity index (χ3v) is 2.92. The highest BCUT2D eigenvalue weighted by Crippen LogP contribution is 2.19. The van der Waals surface area contributed by atoms with Crippen LogP contribution in [0.5, 0.6) is 0 Å². The smallest absolute Gasteiger partial charge is 0.223 e. The minimum Gasteiger partial charge on any atom is -0.344 e. The fourth-order valence-electron chi connectivity index (χ4n) is 2.21. The number of fused-ring (bicyclic) bond motifs is 2. The Morgan fingerprint density at radius 3 is 3.00 bits per heavy atom. The fourth-order valence-corrected chi connectivity index (χ4v) is 2.21. The van der Waals surface area contributed by atoms with Crippen LogP contribution in [0, 0.1) is 0 Å². The second-order valence-electron chi connectivity index (χ2n) is 3.97. The number of rotatable bonds is 0. The molecule has 0 aromatic rings. The van der Waals surface area contributed by atoms with Crippen LogP contribution in [0.4, 0.5) is 0 Å². The maximum Gasteiger partial charge on any atom is 0.223 e. The topological polar surface area (TPSA) is 32.3 Å². The van der Waals surface area contributed by atoms with Gasteiger partial charge in [-0.3, -0.25) is 4.79 Å². The van der Waals surface area contributed by atoms with Gasteiger partial charge in [0.05, 0.1) is 0 Å². The number of nitrogens with zero attached hydrogens (tertiary/aromatic N) is 1. The third-order valence-electron chi connectivity index (χ3n) is 2.92. The molecular formula is C9H16N2O. The monoisotopic (exact) mass is 168 g/mol. The molecule has 2 unspecified atom stereocenters. The van der Waals surface area contributed by atoms with E-state index in [0.29, 0.717) is 24.4 Å². The van der Waals surface area contributed by atoms with Crippen molar-refractivity contribution in [3.8, 4) is 0 Å². The zero-order valence-electron chi connectivity index (χ0n) is 7.55. The highest BCUT2D eigenvalue weighted by molar-refractivity contribution is 5.77. The molecule has 0 aromatic carbocycles. The molecule has 2 atom stereocenters. The van der Waals surface area contributed by atoms with Crippen LogP contribution in [0.3, 0.4) is 0 Å². The molecule has 2 rings (SSSR count). The van der Waals surface area contributed by atoms with Gasteiger partial charge in [-0.25, -0.2) is 0 Å². The molecule has 0 saturated carbocycles. The Kier molecular flexibility index (Phi) is 2.05. The van der Waals surface area contributed by atoms with Crippen LogP contribution in [-0.4, -0.2) is 36.5 Å². The molecule has 2 bridgehead atoms. The van der Waals surface area contributed by atoms with E-state index in [2.05, 4.69) is 5.32 Å². The van der Waals surface area contributed by atoms with Crippen LogP contribution in [0.25, 0.3) is 0 Å². The van der Waals surface area contributed by atoms with Crippen molar-refractivity contribution in [2.24, 2.45) is 0 Å². The number of hydrogen-bond acceptors (Lipinski definition) is 2. The average molecular weight is 168 g/mol. The molecule has 68 valence electrons. The van der Waals surface area contributed by atoms with E-state index >= 15 is 0 Å². The summed E-state index contributed by atoms with van der Waals surface area (Å²) >= 11 is 0. The summed E-state index contributed by atoms with van der Waals surface area (Å²) < 4.78 is 0. The van der Waals surface area contributed by atoms with Gasteiger partial charge in [0.2, 0.25) is 5.91 Å². The van der Waals surface area contributed by atoms with Gasteiger partial charge >= 0.3 is 0 Å². The Morgan fingerprint density at radius 1 is 1.42 bits per heavy atom. The highest BCUT2D eigenvalue weighted by Gasteiger charge is 2.29. The van der Waals surface area contributed by atoms with Crippen molar-refractivity contribution in [1.82, 2.24) is 10.2 Å². The van der Waals surface area contributed by atoms with Crippen molar-refractivity contribution >= 4 is 5.91 Å². The summed E-state index contributed by atoms with van der Waals surface area (Å²) in [6.07, 6.45) is 4.39. The summed E-state index contributed by atoms with van der Waals surface area (Å²) in [5, 5.41) is 3.51. The molecule has 2 saturated heterocycles. The van der Waals surface area contributed by atoms with Crippen molar-refractivity contribution in [2.75, 3.05) is 13.6 Å². The molecule has 3 heteroatoms. The van der Waals surface area contributed by atoms with Gasteiger partial charge in [-0.2, -0.15) is 0 Å². The van der Waals surface area contributed by atoms with E-state index < -0.39 is 0 Å². The van der Waals surface area contributed by atoms with Gasteiger partial charge in [0, 0.05) is 32.1 Å². The lowest BCUT2D eigenvalue weighted by atomic mass is 9.98. The number of carbonyl (C=O) groups excluding carboxylic acids is 1. The fraction of sp³-hybridized carbons (Fsp3) is 0.889. The zero-order valence-corrected chi connectivity index (χ0v) is 7.55. The first-order chi connectivity index (χ1) is 5.75. The van der Waals surface area contributed by atoms with E-state index in [9.17, 15) is 4.79 Å². The summed E-state index contributed by atoms with van der Waals surface area (Å²) in [5.74, 6) is 0.303. The van der Waals surface area contributed by atoms with Gasteiger partial charge in [0.15, 0.2) is 0 Å². The van der Waals surface area contributed by atoms with Gasteiger partial charge in [-0.1, -0.05) is 6.42 Å². The molecule has 2 aliphatic rings. The molecule has 0 radical (unpaired) electrons. The minimum absolute atomic E-state index is 0.303. The second-order valence-corrected chi connectivity index (χ2v) is 3.97. The largest absolute Gasteiger partial charge is 0.344 e. The molecule has 0 aliphatic carbocycles. The van der Waals surface area contributed by atoms with E-state index in [1.165, 1.54) is 19.3 Å². The van der Waals surface area contributed by atoms with Gasteiger partial charge < -0.3 is 10.2 Å². The summed E-state index contributed by atoms with van der Waals surface area (Å²) in [7, 11) is 1.91. The first-order valence-corrected chi connectivity index (χ1v) is 4.76. The maximum absolute atomic E-state index is 11.4. The van der Waals surface area contributed by atoms with E-state index in [0.717, 1.165) is 6.54 Å². The van der Waals surface area contributed by atoms with Gasteiger partial charge in [-0.05, 0) is 12.8 Å². The van der Waals surface area contributed by atoms with Gasteiger partial charge in [-0.15, -0.1) is 0 Å². The van der Waals surface area contributed by atoms with E-state index in [-0.39, 0.29) is 0 Å². The first-order valence-electron chi connectivity index (χ1n) is 4.76. The summed E-state index contributed by atoms with van der Waals surface area (Å²) in [6, 6.07) is 1.02. The highest BCUT2D eigenvalue weighted by atomic mass is 16.2. The predicted molar refractivity (Wildman–Crippen MR) is 46.8 cm³/mol. The third kappa shape index (κ3) is 1.46. The van der Waals surface area contributed by atoms with Crippen LogP contribution in [0.15, 0.2) is 0 Å². The number of carbonyl (C=O) groups is 1. The van der Waals surface area contributed by atoms with Crippen molar-refractivity contribution < 1.29 is 4.79 Å². The van der Waals surface area contributed by atoms with Crippen LogP contribution in [0.2, 0.25) is 0 Å². The summed E-state index contributed by atoms with van der Waals surface area (Å²) in [6.45, 7) is 0.898. The van der Waals surface area contributed by atoms with Crippen molar-refractivity contribution in [2.45, 2.75) is 37.8 Å². The lowest BCUT2D eigenvalue weighted by molar-refractivity contribution is -0.129. The summed E-state index contributed by atoms with van der Waals surface area (Å²) in [5.41, 5.74) is 0. The Labute approximate surface area is 73.1 Å². The second kappa shape index (κ2) is 3.05. The Hall–Kier alpha value is -0.570. The normalized spacial score (nSPS) is 36.4. The lowest BCUT2D eigenvalue weighted by Crippen LogP contribution is -2.43. The Morgan fingerprint density at radius 2 is 2.17 bits per heavy atom. The standard InChI is InChI=1S/C9H16N2O/c1-11-6-8-4-2-3-7(10-8)5-9(11)12/h7-8,10H,2-6H2,1H3. The van der Waals surface area contributed by atoms with Crippen molar-refractivity contribution in [1.29, 1.82) is 0 Å². The number of likely N-dealkylation sites (N-methyl/N-ethyl adjacent to an activating group) is 1. The lowest BCUT2D eigenvalue weighted by Gasteiger charge is -2.27. The maximum atomic E-state index is 11.4. The Balaban J connectivity index is 2.09. The molecule has 2 fully saturated rings. The van der Waals surface area contributed by atoms with E-state index in [1.54, 1.807) is 0 Å². The van der Waals surface area contributed by atoms with Crippen molar-refractivity contribution in [3.63, 3.8) is 0 Å². The summed E-state index contributed by atoms with van der Waals surface area (Å²) in [4.78, 5) is 13.3. The molecule has 1 amide bonds. The van der Waals surface area contributed by atoms with Crippen LogP contribution < -0.4 is 5.32 Å². The number of hydrogen-bond donors (Lipinski definition) is 1. The Bertz CT molecular complexity index is 193. The molecular weight excluding hydrogens is 152 g/mol.